The molecule has 1 saturated heterocycles. The summed E-state index contributed by atoms with van der Waals surface area (Å²) in [5.41, 5.74) is 0. The Hall–Kier alpha value is -0.260. The van der Waals surface area contributed by atoms with Gasteiger partial charge in [0.25, 0.3) is 5.91 Å². The molecule has 5 heteroatoms. The number of nitrogens with zero attached hydrogens (tertiary/aromatic N) is 1. The molecule has 0 aromatic carbocycles. The molecular formula is C4H8N2O2S. The van der Waals surface area contributed by atoms with E-state index in [1.807, 2.05) is 0 Å². The second kappa shape index (κ2) is 2.17. The molecule has 0 aromatic heterocycles. The SMILES string of the molecule is CC1C[S+]([O-])N(N)C1=O. The predicted molar refractivity (Wildman–Crippen MR) is 33.2 cm³/mol. The van der Waals surface area contributed by atoms with Crippen molar-refractivity contribution in [3.05, 3.63) is 0 Å². The van der Waals surface area contributed by atoms with Gasteiger partial charge in [0.2, 0.25) is 0 Å². The van der Waals surface area contributed by atoms with E-state index in [1.54, 1.807) is 6.92 Å². The van der Waals surface area contributed by atoms with Crippen molar-refractivity contribution in [2.75, 3.05) is 5.75 Å². The van der Waals surface area contributed by atoms with E-state index in [0.29, 0.717) is 5.75 Å². The van der Waals surface area contributed by atoms with Crippen molar-refractivity contribution in [2.45, 2.75) is 6.92 Å². The van der Waals surface area contributed by atoms with Gasteiger partial charge in [-0.25, -0.2) is 5.84 Å². The summed E-state index contributed by atoms with van der Waals surface area (Å²) < 4.78 is 11.5. The first-order valence-electron chi connectivity index (χ1n) is 2.60. The third kappa shape index (κ3) is 1.03. The van der Waals surface area contributed by atoms with E-state index in [-0.39, 0.29) is 11.8 Å². The predicted octanol–water partition coefficient (Wildman–Crippen LogP) is -0.998. The molecule has 9 heavy (non-hydrogen) atoms. The fourth-order valence-corrected chi connectivity index (χ4v) is 1.79. The average Bonchev–Trinajstić information content (AvgIpc) is 1.98. The highest BCUT2D eigenvalue weighted by molar-refractivity contribution is 7.90. The molecule has 1 amide bonds. The topological polar surface area (TPSA) is 69.4 Å². The lowest BCUT2D eigenvalue weighted by molar-refractivity contribution is -0.128. The molecule has 2 N–H and O–H groups in total. The van der Waals surface area contributed by atoms with E-state index in [1.165, 1.54) is 0 Å². The molecule has 1 rings (SSSR count). The van der Waals surface area contributed by atoms with E-state index in [0.717, 1.165) is 4.41 Å². The molecular weight excluding hydrogens is 140 g/mol. The van der Waals surface area contributed by atoms with Gasteiger partial charge in [-0.05, 0) is 6.92 Å². The average molecular weight is 148 g/mol. The zero-order valence-electron chi connectivity index (χ0n) is 5.03. The highest BCUT2D eigenvalue weighted by Crippen LogP contribution is 2.15. The summed E-state index contributed by atoms with van der Waals surface area (Å²) in [4.78, 5) is 10.7. The molecule has 0 aromatic rings. The maximum absolute atomic E-state index is 10.7. The second-order valence-corrected chi connectivity index (χ2v) is 3.42. The summed E-state index contributed by atoms with van der Waals surface area (Å²) in [6, 6.07) is 0. The molecule has 1 fully saturated rings. The fraction of sp³-hybridized carbons (Fsp3) is 0.750. The van der Waals surface area contributed by atoms with Gasteiger partial charge < -0.3 is 4.55 Å². The van der Waals surface area contributed by atoms with Crippen LogP contribution < -0.4 is 5.84 Å². The maximum atomic E-state index is 10.7. The van der Waals surface area contributed by atoms with Gasteiger partial charge in [0.1, 0.15) is 5.75 Å². The van der Waals surface area contributed by atoms with Gasteiger partial charge in [0, 0.05) is 0 Å². The second-order valence-electron chi connectivity index (χ2n) is 2.05. The molecule has 4 nitrogen and oxygen atoms in total. The smallest absolute Gasteiger partial charge is 0.289 e. The van der Waals surface area contributed by atoms with Crippen molar-refractivity contribution in [3.8, 4) is 0 Å². The van der Waals surface area contributed by atoms with Crippen molar-refractivity contribution < 1.29 is 9.35 Å². The number of carbonyl (C=O) groups excluding carboxylic acids is 1. The third-order valence-corrected chi connectivity index (χ3v) is 2.65. The van der Waals surface area contributed by atoms with E-state index in [4.69, 9.17) is 5.84 Å². The van der Waals surface area contributed by atoms with Gasteiger partial charge in [-0.15, -0.1) is 0 Å². The number of hydrogen-bond donors (Lipinski definition) is 1. The Balaban J connectivity index is 2.65. The van der Waals surface area contributed by atoms with Crippen LogP contribution in [0.2, 0.25) is 0 Å². The van der Waals surface area contributed by atoms with Crippen molar-refractivity contribution in [1.82, 2.24) is 4.41 Å². The molecule has 1 heterocycles. The molecule has 0 saturated carbocycles. The van der Waals surface area contributed by atoms with Crippen molar-refractivity contribution in [3.63, 3.8) is 0 Å². The van der Waals surface area contributed by atoms with Crippen molar-refractivity contribution in [1.29, 1.82) is 0 Å². The van der Waals surface area contributed by atoms with Crippen LogP contribution in [0.25, 0.3) is 0 Å². The van der Waals surface area contributed by atoms with Gasteiger partial charge in [0.05, 0.1) is 17.3 Å². The zero-order valence-corrected chi connectivity index (χ0v) is 5.85. The summed E-state index contributed by atoms with van der Waals surface area (Å²) in [5.74, 6) is 5.07. The third-order valence-electron chi connectivity index (χ3n) is 1.25. The molecule has 1 aliphatic rings. The van der Waals surface area contributed by atoms with Crippen molar-refractivity contribution in [2.24, 2.45) is 11.8 Å². The highest BCUT2D eigenvalue weighted by Gasteiger charge is 2.38. The number of nitrogens with two attached hydrogens (primary N) is 1. The Morgan fingerprint density at radius 3 is 2.67 bits per heavy atom. The van der Waals surface area contributed by atoms with Crippen LogP contribution in [0.5, 0.6) is 0 Å². The first kappa shape index (κ1) is 6.85. The van der Waals surface area contributed by atoms with E-state index < -0.39 is 11.4 Å². The lowest BCUT2D eigenvalue weighted by Crippen LogP contribution is -2.36. The standard InChI is InChI=1S/C4H8N2O2S/c1-3-2-9(8)6(5)4(3)7/h3H,2,5H2,1H3. The minimum Gasteiger partial charge on any atom is -0.592 e. The summed E-state index contributed by atoms with van der Waals surface area (Å²) >= 11 is -1.27. The van der Waals surface area contributed by atoms with Crippen LogP contribution in [0.1, 0.15) is 6.92 Å². The van der Waals surface area contributed by atoms with Crippen LogP contribution in [0.4, 0.5) is 0 Å². The summed E-state index contributed by atoms with van der Waals surface area (Å²) in [6.07, 6.45) is 0. The van der Waals surface area contributed by atoms with Crippen LogP contribution in [0.3, 0.4) is 0 Å². The Morgan fingerprint density at radius 2 is 2.56 bits per heavy atom. The largest absolute Gasteiger partial charge is 0.592 e. The van der Waals surface area contributed by atoms with Gasteiger partial charge in [-0.2, -0.15) is 0 Å². The quantitative estimate of drug-likeness (QED) is 0.272. The molecule has 0 spiro atoms. The first-order valence-corrected chi connectivity index (χ1v) is 3.87. The summed E-state index contributed by atoms with van der Waals surface area (Å²) in [7, 11) is 0. The fourth-order valence-electron chi connectivity index (χ4n) is 0.683. The van der Waals surface area contributed by atoms with Gasteiger partial charge in [-0.3, -0.25) is 4.79 Å². The number of rotatable bonds is 0. The number of carbonyl (C=O) groups is 1. The normalized spacial score (nSPS) is 35.9. The molecule has 52 valence electrons. The summed E-state index contributed by atoms with van der Waals surface area (Å²) in [5, 5.41) is 0. The minimum absolute atomic E-state index is 0.171. The highest BCUT2D eigenvalue weighted by atomic mass is 32.2. The Bertz CT molecular complexity index is 141. The monoisotopic (exact) mass is 148 g/mol. The molecule has 1 aliphatic heterocycles. The van der Waals surface area contributed by atoms with E-state index in [2.05, 4.69) is 0 Å². The molecule has 0 aliphatic carbocycles. The molecule has 0 bridgehead atoms. The minimum atomic E-state index is -1.27. The van der Waals surface area contributed by atoms with Crippen molar-refractivity contribution >= 4 is 17.3 Å². The van der Waals surface area contributed by atoms with Gasteiger partial charge in [0.15, 0.2) is 0 Å². The maximum Gasteiger partial charge on any atom is 0.289 e. The van der Waals surface area contributed by atoms with E-state index in [9.17, 15) is 9.35 Å². The number of amides is 1. The Labute approximate surface area is 56.3 Å². The van der Waals surface area contributed by atoms with Crippen LogP contribution in [-0.2, 0) is 16.2 Å². The molecule has 0 radical (unpaired) electrons. The molecule has 2 atom stereocenters. The first-order chi connectivity index (χ1) is 4.13. The number of hydrazine groups is 1. The lowest BCUT2D eigenvalue weighted by Gasteiger charge is -2.07. The van der Waals surface area contributed by atoms with Gasteiger partial charge in [-0.1, -0.05) is 4.41 Å². The molecule has 2 unspecified atom stereocenters. The van der Waals surface area contributed by atoms with Crippen LogP contribution in [0, 0.1) is 5.92 Å². The van der Waals surface area contributed by atoms with Crippen LogP contribution in [0.15, 0.2) is 0 Å². The van der Waals surface area contributed by atoms with Gasteiger partial charge >= 0.3 is 0 Å². The number of hydrogen-bond acceptors (Lipinski definition) is 3. The van der Waals surface area contributed by atoms with Crippen LogP contribution in [-0.4, -0.2) is 20.6 Å². The Kier molecular flexibility index (Phi) is 1.65. The lowest BCUT2D eigenvalue weighted by atomic mass is 10.2. The Morgan fingerprint density at radius 1 is 2.00 bits per heavy atom. The summed E-state index contributed by atoms with van der Waals surface area (Å²) in [6.45, 7) is 1.72. The zero-order chi connectivity index (χ0) is 7.02. The van der Waals surface area contributed by atoms with E-state index >= 15 is 0 Å². The van der Waals surface area contributed by atoms with Crippen LogP contribution >= 0.6 is 0 Å².